The van der Waals surface area contributed by atoms with Crippen LogP contribution in [0.1, 0.15) is 52.9 Å². The second kappa shape index (κ2) is 7.29. The number of nitrogens with zero attached hydrogens (tertiary/aromatic N) is 1. The van der Waals surface area contributed by atoms with Gasteiger partial charge >= 0.3 is 0 Å². The molecule has 0 bridgehead atoms. The van der Waals surface area contributed by atoms with Crippen LogP contribution in [0.4, 0.5) is 0 Å². The minimum atomic E-state index is 0.744. The van der Waals surface area contributed by atoms with Crippen molar-refractivity contribution in [1.82, 2.24) is 4.90 Å². The van der Waals surface area contributed by atoms with Crippen LogP contribution in [0.15, 0.2) is 0 Å². The summed E-state index contributed by atoms with van der Waals surface area (Å²) in [6.45, 7) is 10.3. The Bertz CT molecular complexity index is 182. The van der Waals surface area contributed by atoms with E-state index in [0.717, 1.165) is 24.4 Å². The Hall–Kier alpha value is -0.0800. The van der Waals surface area contributed by atoms with E-state index in [1.54, 1.807) is 0 Å². The van der Waals surface area contributed by atoms with Gasteiger partial charge in [0.2, 0.25) is 0 Å². The van der Waals surface area contributed by atoms with Crippen LogP contribution in [0.5, 0.6) is 0 Å². The molecule has 3 atom stereocenters. The van der Waals surface area contributed by atoms with E-state index in [-0.39, 0.29) is 0 Å². The van der Waals surface area contributed by atoms with Crippen molar-refractivity contribution in [2.24, 2.45) is 17.6 Å². The Morgan fingerprint density at radius 3 is 2.56 bits per heavy atom. The SMILES string of the molecule is CCCCN(CC)C1CC(C)CCC1CN. The van der Waals surface area contributed by atoms with Gasteiger partial charge in [0, 0.05) is 6.04 Å². The predicted octanol–water partition coefficient (Wildman–Crippen LogP) is 2.87. The Labute approximate surface area is 102 Å². The van der Waals surface area contributed by atoms with Gasteiger partial charge in [-0.1, -0.05) is 33.6 Å². The molecule has 0 aliphatic heterocycles. The molecule has 0 aromatic carbocycles. The Morgan fingerprint density at radius 1 is 1.25 bits per heavy atom. The first-order chi connectivity index (χ1) is 7.72. The molecule has 3 unspecified atom stereocenters. The molecule has 2 nitrogen and oxygen atoms in total. The molecule has 16 heavy (non-hydrogen) atoms. The highest BCUT2D eigenvalue weighted by Gasteiger charge is 2.30. The molecule has 2 N–H and O–H groups in total. The van der Waals surface area contributed by atoms with E-state index in [1.165, 1.54) is 45.2 Å². The molecular formula is C14H30N2. The van der Waals surface area contributed by atoms with Gasteiger partial charge in [0.15, 0.2) is 0 Å². The predicted molar refractivity (Wildman–Crippen MR) is 71.5 cm³/mol. The maximum absolute atomic E-state index is 5.93. The molecule has 2 heteroatoms. The summed E-state index contributed by atoms with van der Waals surface area (Å²) in [5.74, 6) is 1.64. The van der Waals surface area contributed by atoms with Crippen molar-refractivity contribution in [2.45, 2.75) is 58.9 Å². The highest BCUT2D eigenvalue weighted by Crippen LogP contribution is 2.31. The van der Waals surface area contributed by atoms with Gasteiger partial charge < -0.3 is 10.6 Å². The molecule has 1 fully saturated rings. The van der Waals surface area contributed by atoms with E-state index in [1.807, 2.05) is 0 Å². The lowest BCUT2D eigenvalue weighted by molar-refractivity contribution is 0.0891. The largest absolute Gasteiger partial charge is 0.330 e. The summed E-state index contributed by atoms with van der Waals surface area (Å²) in [6, 6.07) is 0.755. The topological polar surface area (TPSA) is 29.3 Å². The van der Waals surface area contributed by atoms with Crippen LogP contribution in [-0.4, -0.2) is 30.6 Å². The van der Waals surface area contributed by atoms with E-state index in [0.29, 0.717) is 0 Å². The summed E-state index contributed by atoms with van der Waals surface area (Å²) >= 11 is 0. The summed E-state index contributed by atoms with van der Waals surface area (Å²) in [7, 11) is 0. The molecule has 1 aliphatic rings. The monoisotopic (exact) mass is 226 g/mol. The second-order valence-electron chi connectivity index (χ2n) is 5.46. The van der Waals surface area contributed by atoms with Crippen LogP contribution < -0.4 is 5.73 Å². The lowest BCUT2D eigenvalue weighted by atomic mass is 9.78. The molecule has 0 spiro atoms. The third-order valence-electron chi connectivity index (χ3n) is 4.20. The molecule has 0 aromatic rings. The summed E-state index contributed by atoms with van der Waals surface area (Å²) in [5.41, 5.74) is 5.93. The minimum Gasteiger partial charge on any atom is -0.330 e. The molecule has 1 aliphatic carbocycles. The highest BCUT2D eigenvalue weighted by atomic mass is 15.2. The van der Waals surface area contributed by atoms with Gasteiger partial charge in [-0.2, -0.15) is 0 Å². The summed E-state index contributed by atoms with van der Waals surface area (Å²) in [5, 5.41) is 0. The standard InChI is InChI=1S/C14H30N2/c1-4-6-9-16(5-2)14-10-12(3)7-8-13(14)11-15/h12-14H,4-11,15H2,1-3H3. The van der Waals surface area contributed by atoms with Gasteiger partial charge in [-0.05, 0) is 50.7 Å². The molecule has 96 valence electrons. The lowest BCUT2D eigenvalue weighted by Crippen LogP contribution is -2.46. The molecule has 0 aromatic heterocycles. The fraction of sp³-hybridized carbons (Fsp3) is 1.00. The highest BCUT2D eigenvalue weighted by molar-refractivity contribution is 4.86. The van der Waals surface area contributed by atoms with Crippen LogP contribution >= 0.6 is 0 Å². The third kappa shape index (κ3) is 3.74. The van der Waals surface area contributed by atoms with Crippen LogP contribution in [0.3, 0.4) is 0 Å². The van der Waals surface area contributed by atoms with E-state index in [4.69, 9.17) is 5.73 Å². The van der Waals surface area contributed by atoms with Crippen molar-refractivity contribution in [2.75, 3.05) is 19.6 Å². The second-order valence-corrected chi connectivity index (χ2v) is 5.46. The number of nitrogens with two attached hydrogens (primary N) is 1. The van der Waals surface area contributed by atoms with E-state index < -0.39 is 0 Å². The molecule has 1 rings (SSSR count). The molecular weight excluding hydrogens is 196 g/mol. The van der Waals surface area contributed by atoms with Crippen molar-refractivity contribution in [1.29, 1.82) is 0 Å². The fourth-order valence-electron chi connectivity index (χ4n) is 3.06. The first-order valence-electron chi connectivity index (χ1n) is 7.17. The molecule has 0 amide bonds. The van der Waals surface area contributed by atoms with Gasteiger partial charge in [-0.25, -0.2) is 0 Å². The molecule has 0 heterocycles. The number of rotatable bonds is 6. The maximum atomic E-state index is 5.93. The van der Waals surface area contributed by atoms with E-state index in [2.05, 4.69) is 25.7 Å². The normalized spacial score (nSPS) is 30.9. The average molecular weight is 226 g/mol. The number of hydrogen-bond acceptors (Lipinski definition) is 2. The molecule has 0 radical (unpaired) electrons. The zero-order valence-electron chi connectivity index (χ0n) is 11.4. The van der Waals surface area contributed by atoms with Crippen molar-refractivity contribution < 1.29 is 0 Å². The minimum absolute atomic E-state index is 0.744. The summed E-state index contributed by atoms with van der Waals surface area (Å²) < 4.78 is 0. The first kappa shape index (κ1) is 14.0. The van der Waals surface area contributed by atoms with Gasteiger partial charge in [0.1, 0.15) is 0 Å². The van der Waals surface area contributed by atoms with Crippen molar-refractivity contribution in [3.63, 3.8) is 0 Å². The number of hydrogen-bond donors (Lipinski definition) is 1. The van der Waals surface area contributed by atoms with Gasteiger partial charge in [-0.15, -0.1) is 0 Å². The summed E-state index contributed by atoms with van der Waals surface area (Å²) in [6.07, 6.45) is 6.70. The van der Waals surface area contributed by atoms with Crippen LogP contribution in [0, 0.1) is 11.8 Å². The van der Waals surface area contributed by atoms with Crippen molar-refractivity contribution in [3.8, 4) is 0 Å². The molecule has 0 saturated heterocycles. The Kier molecular flexibility index (Phi) is 6.37. The quantitative estimate of drug-likeness (QED) is 0.754. The van der Waals surface area contributed by atoms with Gasteiger partial charge in [0.05, 0.1) is 0 Å². The van der Waals surface area contributed by atoms with Crippen LogP contribution in [-0.2, 0) is 0 Å². The van der Waals surface area contributed by atoms with Gasteiger partial charge in [-0.3, -0.25) is 0 Å². The zero-order chi connectivity index (χ0) is 12.0. The lowest BCUT2D eigenvalue weighted by Gasteiger charge is -2.41. The molecule has 1 saturated carbocycles. The summed E-state index contributed by atoms with van der Waals surface area (Å²) in [4.78, 5) is 2.68. The van der Waals surface area contributed by atoms with Crippen molar-refractivity contribution >= 4 is 0 Å². The van der Waals surface area contributed by atoms with E-state index >= 15 is 0 Å². The fourth-order valence-corrected chi connectivity index (χ4v) is 3.06. The first-order valence-corrected chi connectivity index (χ1v) is 7.17. The Balaban J connectivity index is 2.55. The van der Waals surface area contributed by atoms with Gasteiger partial charge in [0.25, 0.3) is 0 Å². The smallest absolute Gasteiger partial charge is 0.0138 e. The zero-order valence-corrected chi connectivity index (χ0v) is 11.4. The Morgan fingerprint density at radius 2 is 2.00 bits per heavy atom. The third-order valence-corrected chi connectivity index (χ3v) is 4.20. The van der Waals surface area contributed by atoms with Crippen LogP contribution in [0.25, 0.3) is 0 Å². The average Bonchev–Trinajstić information content (AvgIpc) is 2.30. The maximum Gasteiger partial charge on any atom is 0.0138 e. The van der Waals surface area contributed by atoms with Crippen molar-refractivity contribution in [3.05, 3.63) is 0 Å². The van der Waals surface area contributed by atoms with Crippen LogP contribution in [0.2, 0.25) is 0 Å². The number of unbranched alkanes of at least 4 members (excludes halogenated alkanes) is 1. The van der Waals surface area contributed by atoms with E-state index in [9.17, 15) is 0 Å².